The van der Waals surface area contributed by atoms with Crippen LogP contribution in [-0.2, 0) is 6.42 Å². The summed E-state index contributed by atoms with van der Waals surface area (Å²) in [7, 11) is 0. The maximum Gasteiger partial charge on any atom is 0.212 e. The standard InChI is InChI=1S/C13H14ClNOS/c1-2-3-4-8-5-6-10-9(7-8)12(16)11(15)13(14)17-10/h5-7H,2-4,15H2,1H3. The molecule has 0 saturated carbocycles. The summed E-state index contributed by atoms with van der Waals surface area (Å²) in [6.07, 6.45) is 3.28. The second-order valence-corrected chi connectivity index (χ2v) is 5.71. The van der Waals surface area contributed by atoms with Crippen molar-refractivity contribution in [3.05, 3.63) is 38.3 Å². The molecule has 4 heteroatoms. The highest BCUT2D eigenvalue weighted by atomic mass is 35.5. The number of aryl methyl sites for hydroxylation is 1. The number of fused-ring (bicyclic) bond motifs is 1. The fourth-order valence-corrected chi connectivity index (χ4v) is 2.89. The van der Waals surface area contributed by atoms with Crippen LogP contribution in [0.4, 0.5) is 5.69 Å². The van der Waals surface area contributed by atoms with Gasteiger partial charge >= 0.3 is 0 Å². The summed E-state index contributed by atoms with van der Waals surface area (Å²) in [6.45, 7) is 2.15. The number of nitrogen functional groups attached to an aromatic ring is 1. The van der Waals surface area contributed by atoms with Crippen LogP contribution >= 0.6 is 22.9 Å². The summed E-state index contributed by atoms with van der Waals surface area (Å²) >= 11 is 7.27. The molecule has 2 nitrogen and oxygen atoms in total. The molecule has 0 spiro atoms. The van der Waals surface area contributed by atoms with Gasteiger partial charge in [0.2, 0.25) is 5.43 Å². The maximum absolute atomic E-state index is 12.0. The van der Waals surface area contributed by atoms with Crippen molar-refractivity contribution < 1.29 is 0 Å². The summed E-state index contributed by atoms with van der Waals surface area (Å²) in [6, 6.07) is 5.95. The van der Waals surface area contributed by atoms with Crippen LogP contribution < -0.4 is 11.2 Å². The molecule has 0 aliphatic rings. The SMILES string of the molecule is CCCCc1ccc2sc(Cl)c(N)c(=O)c2c1. The van der Waals surface area contributed by atoms with Gasteiger partial charge in [-0.2, -0.15) is 0 Å². The number of rotatable bonds is 3. The Labute approximate surface area is 109 Å². The molecule has 0 amide bonds. The van der Waals surface area contributed by atoms with E-state index < -0.39 is 0 Å². The van der Waals surface area contributed by atoms with Crippen LogP contribution in [0.3, 0.4) is 0 Å². The molecule has 1 aromatic heterocycles. The number of nitrogens with two attached hydrogens (primary N) is 1. The topological polar surface area (TPSA) is 43.1 Å². The van der Waals surface area contributed by atoms with Crippen molar-refractivity contribution in [1.29, 1.82) is 0 Å². The second kappa shape index (κ2) is 5.07. The average molecular weight is 268 g/mol. The predicted octanol–water partition coefficient (Wildman–Crippen LogP) is 3.84. The minimum Gasteiger partial charge on any atom is -0.394 e. The molecule has 2 rings (SSSR count). The minimum atomic E-state index is -0.151. The van der Waals surface area contributed by atoms with Gasteiger partial charge in [0.05, 0.1) is 0 Å². The van der Waals surface area contributed by atoms with E-state index in [0.29, 0.717) is 9.72 Å². The summed E-state index contributed by atoms with van der Waals surface area (Å²) in [4.78, 5) is 12.0. The number of halogens is 1. The van der Waals surface area contributed by atoms with E-state index in [-0.39, 0.29) is 11.1 Å². The molecular formula is C13H14ClNOS. The molecule has 2 N–H and O–H groups in total. The summed E-state index contributed by atoms with van der Waals surface area (Å²) in [5.74, 6) is 0. The first-order valence-electron chi connectivity index (χ1n) is 5.64. The molecule has 2 aromatic rings. The summed E-state index contributed by atoms with van der Waals surface area (Å²) in [5.41, 5.74) is 6.86. The lowest BCUT2D eigenvalue weighted by Crippen LogP contribution is -2.08. The fourth-order valence-electron chi connectivity index (χ4n) is 1.77. The first-order valence-corrected chi connectivity index (χ1v) is 6.83. The molecule has 0 aliphatic heterocycles. The third-order valence-electron chi connectivity index (χ3n) is 2.76. The molecule has 1 aromatic carbocycles. The Balaban J connectivity index is 2.57. The van der Waals surface area contributed by atoms with E-state index in [0.717, 1.165) is 24.0 Å². The van der Waals surface area contributed by atoms with Gasteiger partial charge in [0.1, 0.15) is 10.0 Å². The van der Waals surface area contributed by atoms with Crippen LogP contribution in [0.15, 0.2) is 23.0 Å². The van der Waals surface area contributed by atoms with E-state index >= 15 is 0 Å². The first kappa shape index (κ1) is 12.4. The van der Waals surface area contributed by atoms with Crippen molar-refractivity contribution >= 4 is 38.7 Å². The summed E-state index contributed by atoms with van der Waals surface area (Å²) < 4.78 is 1.28. The van der Waals surface area contributed by atoms with E-state index in [1.807, 2.05) is 12.1 Å². The molecule has 0 bridgehead atoms. The monoisotopic (exact) mass is 267 g/mol. The largest absolute Gasteiger partial charge is 0.394 e. The van der Waals surface area contributed by atoms with Gasteiger partial charge in [-0.15, -0.1) is 11.3 Å². The lowest BCUT2D eigenvalue weighted by atomic mass is 10.1. The van der Waals surface area contributed by atoms with Gasteiger partial charge in [-0.05, 0) is 30.5 Å². The van der Waals surface area contributed by atoms with Gasteiger partial charge in [0, 0.05) is 10.1 Å². The molecule has 0 fully saturated rings. The zero-order chi connectivity index (χ0) is 12.4. The second-order valence-electron chi connectivity index (χ2n) is 4.05. The lowest BCUT2D eigenvalue weighted by molar-refractivity contribution is 0.796. The predicted molar refractivity (Wildman–Crippen MR) is 76.1 cm³/mol. The number of unbranched alkanes of at least 4 members (excludes halogenated alkanes) is 1. The van der Waals surface area contributed by atoms with Crippen LogP contribution in [0, 0.1) is 0 Å². The van der Waals surface area contributed by atoms with Crippen molar-refractivity contribution in [2.24, 2.45) is 0 Å². The first-order chi connectivity index (χ1) is 8.13. The Hall–Kier alpha value is -1.06. The smallest absolute Gasteiger partial charge is 0.212 e. The molecule has 0 aliphatic carbocycles. The third kappa shape index (κ3) is 2.45. The van der Waals surface area contributed by atoms with Gasteiger partial charge < -0.3 is 5.73 Å². The Morgan fingerprint density at radius 1 is 1.41 bits per heavy atom. The van der Waals surface area contributed by atoms with Gasteiger partial charge in [-0.1, -0.05) is 31.0 Å². The van der Waals surface area contributed by atoms with Crippen molar-refractivity contribution in [2.75, 3.05) is 5.73 Å². The lowest BCUT2D eigenvalue weighted by Gasteiger charge is -2.04. The number of anilines is 1. The van der Waals surface area contributed by atoms with Crippen molar-refractivity contribution in [3.8, 4) is 0 Å². The van der Waals surface area contributed by atoms with Crippen molar-refractivity contribution in [2.45, 2.75) is 26.2 Å². The van der Waals surface area contributed by atoms with Crippen LogP contribution in [-0.4, -0.2) is 0 Å². The molecule has 0 saturated heterocycles. The Morgan fingerprint density at radius 3 is 2.88 bits per heavy atom. The van der Waals surface area contributed by atoms with E-state index in [2.05, 4.69) is 13.0 Å². The Bertz CT molecular complexity index is 606. The van der Waals surface area contributed by atoms with Crippen LogP contribution in [0.5, 0.6) is 0 Å². The van der Waals surface area contributed by atoms with Crippen molar-refractivity contribution in [1.82, 2.24) is 0 Å². The molecule has 17 heavy (non-hydrogen) atoms. The van der Waals surface area contributed by atoms with Gasteiger partial charge in [-0.3, -0.25) is 4.79 Å². The molecule has 0 atom stereocenters. The van der Waals surface area contributed by atoms with E-state index in [9.17, 15) is 4.79 Å². The number of hydrogen-bond acceptors (Lipinski definition) is 3. The van der Waals surface area contributed by atoms with Crippen LogP contribution in [0.2, 0.25) is 4.34 Å². The molecule has 90 valence electrons. The Kier molecular flexibility index (Phi) is 3.69. The highest BCUT2D eigenvalue weighted by Crippen LogP contribution is 2.28. The summed E-state index contributed by atoms with van der Waals surface area (Å²) in [5, 5.41) is 0.686. The van der Waals surface area contributed by atoms with Gasteiger partial charge in [-0.25, -0.2) is 0 Å². The Morgan fingerprint density at radius 2 is 2.18 bits per heavy atom. The van der Waals surface area contributed by atoms with Crippen LogP contribution in [0.1, 0.15) is 25.3 Å². The highest BCUT2D eigenvalue weighted by molar-refractivity contribution is 7.22. The van der Waals surface area contributed by atoms with E-state index in [4.69, 9.17) is 17.3 Å². The molecule has 0 radical (unpaired) electrons. The highest BCUT2D eigenvalue weighted by Gasteiger charge is 2.08. The number of hydrogen-bond donors (Lipinski definition) is 1. The average Bonchev–Trinajstić information content (AvgIpc) is 2.34. The maximum atomic E-state index is 12.0. The van der Waals surface area contributed by atoms with Gasteiger partial charge in [0.15, 0.2) is 0 Å². The quantitative estimate of drug-likeness (QED) is 0.918. The zero-order valence-electron chi connectivity index (χ0n) is 9.63. The van der Waals surface area contributed by atoms with Crippen molar-refractivity contribution in [3.63, 3.8) is 0 Å². The normalized spacial score (nSPS) is 10.9. The fraction of sp³-hybridized carbons (Fsp3) is 0.308. The van der Waals surface area contributed by atoms with Gasteiger partial charge in [0.25, 0.3) is 0 Å². The minimum absolute atomic E-state index is 0.151. The molecular weight excluding hydrogens is 254 g/mol. The van der Waals surface area contributed by atoms with E-state index in [1.165, 1.54) is 16.9 Å². The third-order valence-corrected chi connectivity index (χ3v) is 4.17. The molecule has 0 unspecified atom stereocenters. The number of benzene rings is 1. The molecule has 1 heterocycles. The zero-order valence-corrected chi connectivity index (χ0v) is 11.2. The van der Waals surface area contributed by atoms with Crippen LogP contribution in [0.25, 0.3) is 10.1 Å². The van der Waals surface area contributed by atoms with E-state index in [1.54, 1.807) is 0 Å².